The van der Waals surface area contributed by atoms with Gasteiger partial charge < -0.3 is 14.7 Å². The normalized spacial score (nSPS) is 14.6. The Balaban J connectivity index is 1.67. The standard InChI is InChI=1S/C18H22FN5O/c1-13-12-16(22(2)3)21-18(20-13)24-10-8-23(9-11-24)17(25)14-4-6-15(19)7-5-14/h4-7,12H,8-11H2,1-3H3. The lowest BCUT2D eigenvalue weighted by molar-refractivity contribution is 0.0746. The first-order chi connectivity index (χ1) is 11.9. The Hall–Kier alpha value is -2.70. The molecule has 0 radical (unpaired) electrons. The Labute approximate surface area is 146 Å². The summed E-state index contributed by atoms with van der Waals surface area (Å²) in [6, 6.07) is 7.62. The van der Waals surface area contributed by atoms with Gasteiger partial charge in [0, 0.05) is 57.6 Å². The van der Waals surface area contributed by atoms with Gasteiger partial charge in [0.25, 0.3) is 5.91 Å². The number of hydrogen-bond donors (Lipinski definition) is 0. The number of hydrogen-bond acceptors (Lipinski definition) is 5. The van der Waals surface area contributed by atoms with E-state index in [0.29, 0.717) is 37.7 Å². The first-order valence-electron chi connectivity index (χ1n) is 8.27. The SMILES string of the molecule is Cc1cc(N(C)C)nc(N2CCN(C(=O)c3ccc(F)cc3)CC2)n1. The van der Waals surface area contributed by atoms with Crippen LogP contribution in [0.3, 0.4) is 0 Å². The van der Waals surface area contributed by atoms with Gasteiger partial charge in [0.1, 0.15) is 11.6 Å². The average molecular weight is 343 g/mol. The molecule has 1 fully saturated rings. The average Bonchev–Trinajstić information content (AvgIpc) is 2.61. The Bertz CT molecular complexity index is 755. The van der Waals surface area contributed by atoms with E-state index >= 15 is 0 Å². The van der Waals surface area contributed by atoms with Gasteiger partial charge in [-0.1, -0.05) is 0 Å². The summed E-state index contributed by atoms with van der Waals surface area (Å²) in [4.78, 5) is 27.4. The third kappa shape index (κ3) is 3.87. The fourth-order valence-corrected chi connectivity index (χ4v) is 2.79. The number of piperazine rings is 1. The second-order valence-electron chi connectivity index (χ2n) is 6.35. The molecule has 0 atom stereocenters. The number of benzene rings is 1. The highest BCUT2D eigenvalue weighted by atomic mass is 19.1. The quantitative estimate of drug-likeness (QED) is 0.853. The molecule has 7 heteroatoms. The van der Waals surface area contributed by atoms with Crippen molar-refractivity contribution in [1.29, 1.82) is 0 Å². The highest BCUT2D eigenvalue weighted by molar-refractivity contribution is 5.94. The zero-order chi connectivity index (χ0) is 18.0. The van der Waals surface area contributed by atoms with Crippen molar-refractivity contribution in [3.8, 4) is 0 Å². The molecule has 25 heavy (non-hydrogen) atoms. The van der Waals surface area contributed by atoms with Crippen LogP contribution < -0.4 is 9.80 Å². The molecule has 0 saturated carbocycles. The largest absolute Gasteiger partial charge is 0.363 e. The summed E-state index contributed by atoms with van der Waals surface area (Å²) in [5.41, 5.74) is 1.43. The fourth-order valence-electron chi connectivity index (χ4n) is 2.79. The smallest absolute Gasteiger partial charge is 0.253 e. The van der Waals surface area contributed by atoms with E-state index in [1.54, 1.807) is 4.90 Å². The number of halogens is 1. The van der Waals surface area contributed by atoms with Gasteiger partial charge >= 0.3 is 0 Å². The molecule has 0 bridgehead atoms. The summed E-state index contributed by atoms with van der Waals surface area (Å²) in [6.45, 7) is 4.47. The van der Waals surface area contributed by atoms with Gasteiger partial charge in [-0.3, -0.25) is 4.79 Å². The Morgan fingerprint density at radius 2 is 1.72 bits per heavy atom. The van der Waals surface area contributed by atoms with E-state index in [4.69, 9.17) is 0 Å². The second-order valence-corrected chi connectivity index (χ2v) is 6.35. The van der Waals surface area contributed by atoms with Crippen molar-refractivity contribution in [2.75, 3.05) is 50.1 Å². The van der Waals surface area contributed by atoms with Gasteiger partial charge in [0.2, 0.25) is 5.95 Å². The molecule has 132 valence electrons. The third-order valence-electron chi connectivity index (χ3n) is 4.23. The zero-order valence-corrected chi connectivity index (χ0v) is 14.7. The van der Waals surface area contributed by atoms with Crippen LogP contribution >= 0.6 is 0 Å². The number of amides is 1. The lowest BCUT2D eigenvalue weighted by Gasteiger charge is -2.35. The minimum Gasteiger partial charge on any atom is -0.363 e. The molecule has 0 aliphatic carbocycles. The van der Waals surface area contributed by atoms with Crippen LogP contribution in [0.1, 0.15) is 16.1 Å². The predicted octanol–water partition coefficient (Wildman–Crippen LogP) is 1.95. The van der Waals surface area contributed by atoms with Crippen LogP contribution in [-0.2, 0) is 0 Å². The van der Waals surface area contributed by atoms with E-state index in [0.717, 1.165) is 11.5 Å². The lowest BCUT2D eigenvalue weighted by Crippen LogP contribution is -2.49. The first-order valence-corrected chi connectivity index (χ1v) is 8.27. The van der Waals surface area contributed by atoms with Crippen molar-refractivity contribution in [2.24, 2.45) is 0 Å². The van der Waals surface area contributed by atoms with Crippen molar-refractivity contribution in [2.45, 2.75) is 6.92 Å². The molecule has 1 aromatic carbocycles. The third-order valence-corrected chi connectivity index (χ3v) is 4.23. The maximum atomic E-state index is 13.0. The Morgan fingerprint density at radius 1 is 1.08 bits per heavy atom. The molecule has 6 nitrogen and oxygen atoms in total. The molecule has 0 spiro atoms. The summed E-state index contributed by atoms with van der Waals surface area (Å²) in [7, 11) is 3.90. The molecule has 2 aromatic rings. The summed E-state index contributed by atoms with van der Waals surface area (Å²) in [5.74, 6) is 1.15. The number of anilines is 2. The monoisotopic (exact) mass is 343 g/mol. The topological polar surface area (TPSA) is 52.6 Å². The van der Waals surface area contributed by atoms with Crippen molar-refractivity contribution < 1.29 is 9.18 Å². The van der Waals surface area contributed by atoms with E-state index in [2.05, 4.69) is 14.9 Å². The van der Waals surface area contributed by atoms with Crippen molar-refractivity contribution in [3.63, 3.8) is 0 Å². The van der Waals surface area contributed by atoms with E-state index in [1.807, 2.05) is 32.0 Å². The Morgan fingerprint density at radius 3 is 2.32 bits per heavy atom. The second kappa shape index (κ2) is 7.04. The zero-order valence-electron chi connectivity index (χ0n) is 14.7. The number of aryl methyl sites for hydroxylation is 1. The van der Waals surface area contributed by atoms with Gasteiger partial charge in [0.05, 0.1) is 0 Å². The van der Waals surface area contributed by atoms with Gasteiger partial charge in [-0.25, -0.2) is 9.37 Å². The molecule has 1 saturated heterocycles. The molecule has 0 unspecified atom stereocenters. The summed E-state index contributed by atoms with van der Waals surface area (Å²) in [5, 5.41) is 0. The maximum Gasteiger partial charge on any atom is 0.253 e. The predicted molar refractivity (Wildman–Crippen MR) is 95.6 cm³/mol. The van der Waals surface area contributed by atoms with Gasteiger partial charge in [-0.2, -0.15) is 4.98 Å². The van der Waals surface area contributed by atoms with Crippen molar-refractivity contribution in [1.82, 2.24) is 14.9 Å². The minimum atomic E-state index is -0.338. The molecule has 2 heterocycles. The lowest BCUT2D eigenvalue weighted by atomic mass is 10.2. The van der Waals surface area contributed by atoms with Crippen molar-refractivity contribution in [3.05, 3.63) is 47.4 Å². The van der Waals surface area contributed by atoms with E-state index < -0.39 is 0 Å². The number of carbonyl (C=O) groups excluding carboxylic acids is 1. The molecule has 1 aromatic heterocycles. The highest BCUT2D eigenvalue weighted by Gasteiger charge is 2.24. The molecule has 1 aliphatic heterocycles. The maximum absolute atomic E-state index is 13.0. The molecule has 0 N–H and O–H groups in total. The number of aromatic nitrogens is 2. The van der Waals surface area contributed by atoms with Crippen LogP contribution in [0.2, 0.25) is 0 Å². The number of carbonyl (C=O) groups is 1. The van der Waals surface area contributed by atoms with Crippen LogP contribution in [0.25, 0.3) is 0 Å². The highest BCUT2D eigenvalue weighted by Crippen LogP contribution is 2.18. The van der Waals surface area contributed by atoms with Gasteiger partial charge in [-0.15, -0.1) is 0 Å². The summed E-state index contributed by atoms with van der Waals surface area (Å²) < 4.78 is 13.0. The molecular formula is C18H22FN5O. The minimum absolute atomic E-state index is 0.0706. The van der Waals surface area contributed by atoms with Gasteiger partial charge in [0.15, 0.2) is 0 Å². The van der Waals surface area contributed by atoms with Crippen LogP contribution in [-0.4, -0.2) is 61.0 Å². The number of rotatable bonds is 3. The fraction of sp³-hybridized carbons (Fsp3) is 0.389. The molecule has 1 amide bonds. The molecule has 3 rings (SSSR count). The summed E-state index contributed by atoms with van der Waals surface area (Å²) in [6.07, 6.45) is 0. The van der Waals surface area contributed by atoms with Gasteiger partial charge in [-0.05, 0) is 31.2 Å². The van der Waals surface area contributed by atoms with E-state index in [9.17, 15) is 9.18 Å². The molecular weight excluding hydrogens is 321 g/mol. The van der Waals surface area contributed by atoms with Crippen LogP contribution in [0.4, 0.5) is 16.2 Å². The van der Waals surface area contributed by atoms with Crippen molar-refractivity contribution >= 4 is 17.7 Å². The first kappa shape index (κ1) is 17.1. The van der Waals surface area contributed by atoms with E-state index in [1.165, 1.54) is 24.3 Å². The van der Waals surface area contributed by atoms with E-state index in [-0.39, 0.29) is 11.7 Å². The Kier molecular flexibility index (Phi) is 4.83. The van der Waals surface area contributed by atoms with Crippen LogP contribution in [0.15, 0.2) is 30.3 Å². The summed E-state index contributed by atoms with van der Waals surface area (Å²) >= 11 is 0. The number of nitrogens with zero attached hydrogens (tertiary/aromatic N) is 5. The van der Waals surface area contributed by atoms with Crippen LogP contribution in [0.5, 0.6) is 0 Å². The van der Waals surface area contributed by atoms with Crippen LogP contribution in [0, 0.1) is 12.7 Å². The molecule has 1 aliphatic rings.